The van der Waals surface area contributed by atoms with Crippen molar-refractivity contribution in [1.29, 1.82) is 0 Å². The van der Waals surface area contributed by atoms with E-state index in [0.29, 0.717) is 27.7 Å². The summed E-state index contributed by atoms with van der Waals surface area (Å²) < 4.78 is 1.96. The molecule has 2 aromatic rings. The molecule has 0 radical (unpaired) electrons. The van der Waals surface area contributed by atoms with Crippen LogP contribution in [0.4, 0.5) is 0 Å². The lowest BCUT2D eigenvalue weighted by molar-refractivity contribution is 0.0948. The first-order valence-electron chi connectivity index (χ1n) is 5.28. The largest absolute Gasteiger partial charge is 0.351 e. The van der Waals surface area contributed by atoms with Crippen molar-refractivity contribution in [3.8, 4) is 5.82 Å². The fourth-order valence-corrected chi connectivity index (χ4v) is 2.04. The van der Waals surface area contributed by atoms with Gasteiger partial charge in [0.25, 0.3) is 5.91 Å². The number of hydrogen-bond acceptors (Lipinski definition) is 3. The molecule has 0 aromatic carbocycles. The molecule has 2 aromatic heterocycles. The minimum absolute atomic E-state index is 0.225. The lowest BCUT2D eigenvalue weighted by Gasteiger charge is -2.07. The number of pyridine rings is 1. The third-order valence-electron chi connectivity index (χ3n) is 2.19. The van der Waals surface area contributed by atoms with Gasteiger partial charge in [-0.25, -0.2) is 9.67 Å². The van der Waals surface area contributed by atoms with Crippen molar-refractivity contribution in [2.45, 2.75) is 6.92 Å². The molecule has 0 saturated carbocycles. The summed E-state index contributed by atoms with van der Waals surface area (Å²) in [6, 6.07) is 5.03. The second-order valence-corrected chi connectivity index (χ2v) is 4.65. The van der Waals surface area contributed by atoms with Crippen molar-refractivity contribution in [2.75, 3.05) is 6.54 Å². The van der Waals surface area contributed by atoms with Crippen LogP contribution in [-0.4, -0.2) is 27.2 Å². The van der Waals surface area contributed by atoms with Gasteiger partial charge in [-0.3, -0.25) is 4.79 Å². The zero-order valence-corrected chi connectivity index (χ0v) is 11.9. The van der Waals surface area contributed by atoms with Crippen molar-refractivity contribution in [2.24, 2.45) is 0 Å². The molecular formula is C11H10BrClN4O. The second kappa shape index (κ2) is 5.49. The Labute approximate surface area is 117 Å². The van der Waals surface area contributed by atoms with Gasteiger partial charge >= 0.3 is 0 Å². The maximum absolute atomic E-state index is 11.9. The van der Waals surface area contributed by atoms with Crippen LogP contribution in [0, 0.1) is 0 Å². The summed E-state index contributed by atoms with van der Waals surface area (Å²) in [6.45, 7) is 2.39. The minimum atomic E-state index is -0.225. The molecule has 2 heterocycles. The van der Waals surface area contributed by atoms with E-state index in [1.54, 1.807) is 24.4 Å². The van der Waals surface area contributed by atoms with E-state index in [1.807, 2.05) is 6.92 Å². The molecule has 0 unspecified atom stereocenters. The highest BCUT2D eigenvalue weighted by Gasteiger charge is 2.17. The van der Waals surface area contributed by atoms with E-state index in [9.17, 15) is 4.79 Å². The lowest BCUT2D eigenvalue weighted by atomic mass is 10.4. The Morgan fingerprint density at radius 3 is 3.06 bits per heavy atom. The van der Waals surface area contributed by atoms with E-state index in [0.717, 1.165) is 0 Å². The van der Waals surface area contributed by atoms with E-state index in [2.05, 4.69) is 31.3 Å². The average molecular weight is 330 g/mol. The van der Waals surface area contributed by atoms with Gasteiger partial charge in [0.2, 0.25) is 0 Å². The number of amides is 1. The first-order valence-corrected chi connectivity index (χ1v) is 6.45. The fourth-order valence-electron chi connectivity index (χ4n) is 1.46. The maximum atomic E-state index is 11.9. The Kier molecular flexibility index (Phi) is 3.98. The minimum Gasteiger partial charge on any atom is -0.351 e. The van der Waals surface area contributed by atoms with Crippen LogP contribution < -0.4 is 5.32 Å². The van der Waals surface area contributed by atoms with Crippen LogP contribution in [-0.2, 0) is 0 Å². The molecule has 1 N–H and O–H groups in total. The van der Waals surface area contributed by atoms with E-state index in [4.69, 9.17) is 11.6 Å². The van der Waals surface area contributed by atoms with Crippen LogP contribution in [0.1, 0.15) is 17.4 Å². The van der Waals surface area contributed by atoms with Crippen LogP contribution in [0.2, 0.25) is 5.02 Å². The number of halogens is 2. The van der Waals surface area contributed by atoms with Gasteiger partial charge in [0.15, 0.2) is 5.82 Å². The topological polar surface area (TPSA) is 59.8 Å². The molecule has 0 saturated heterocycles. The molecule has 0 aliphatic rings. The molecule has 18 heavy (non-hydrogen) atoms. The van der Waals surface area contributed by atoms with Gasteiger partial charge in [-0.1, -0.05) is 11.6 Å². The van der Waals surface area contributed by atoms with Gasteiger partial charge in [-0.15, -0.1) is 0 Å². The molecule has 0 atom stereocenters. The Morgan fingerprint density at radius 2 is 2.39 bits per heavy atom. The van der Waals surface area contributed by atoms with Gasteiger partial charge in [0.1, 0.15) is 10.3 Å². The molecule has 0 fully saturated rings. The molecule has 1 amide bonds. The van der Waals surface area contributed by atoms with Crippen molar-refractivity contribution >= 4 is 33.4 Å². The number of rotatable bonds is 3. The van der Waals surface area contributed by atoms with Crippen LogP contribution in [0.3, 0.4) is 0 Å². The summed E-state index contributed by atoms with van der Waals surface area (Å²) >= 11 is 9.29. The van der Waals surface area contributed by atoms with Gasteiger partial charge in [0.05, 0.1) is 5.02 Å². The molecule has 0 bridgehead atoms. The van der Waals surface area contributed by atoms with Gasteiger partial charge in [0, 0.05) is 18.8 Å². The van der Waals surface area contributed by atoms with Crippen molar-refractivity contribution in [3.63, 3.8) is 0 Å². The van der Waals surface area contributed by atoms with E-state index >= 15 is 0 Å². The van der Waals surface area contributed by atoms with Gasteiger partial charge < -0.3 is 5.32 Å². The number of nitrogens with zero attached hydrogens (tertiary/aromatic N) is 3. The van der Waals surface area contributed by atoms with Crippen molar-refractivity contribution in [3.05, 3.63) is 39.7 Å². The molecular weight excluding hydrogens is 320 g/mol. The summed E-state index contributed by atoms with van der Waals surface area (Å²) in [5.41, 5.74) is 0.379. The van der Waals surface area contributed by atoms with Crippen molar-refractivity contribution in [1.82, 2.24) is 20.1 Å². The number of nitrogens with one attached hydrogen (secondary N) is 1. The number of hydrogen-bond donors (Lipinski definition) is 1. The fraction of sp³-hybridized carbons (Fsp3) is 0.182. The van der Waals surface area contributed by atoms with E-state index in [1.165, 1.54) is 4.68 Å². The normalized spacial score (nSPS) is 10.4. The van der Waals surface area contributed by atoms with Crippen molar-refractivity contribution < 1.29 is 4.79 Å². The Hall–Kier alpha value is -1.40. The average Bonchev–Trinajstić information content (AvgIpc) is 2.72. The highest BCUT2D eigenvalue weighted by molar-refractivity contribution is 9.10. The maximum Gasteiger partial charge on any atom is 0.270 e. The van der Waals surface area contributed by atoms with E-state index < -0.39 is 0 Å². The van der Waals surface area contributed by atoms with Crippen LogP contribution in [0.25, 0.3) is 5.82 Å². The molecule has 0 aliphatic heterocycles. The Morgan fingerprint density at radius 1 is 1.61 bits per heavy atom. The number of carbonyl (C=O) groups is 1. The first kappa shape index (κ1) is 13.0. The smallest absolute Gasteiger partial charge is 0.270 e. The number of carbonyl (C=O) groups excluding carboxylic acids is 1. The summed E-state index contributed by atoms with van der Waals surface area (Å²) in [6.07, 6.45) is 1.60. The zero-order valence-electron chi connectivity index (χ0n) is 9.52. The summed E-state index contributed by atoms with van der Waals surface area (Å²) in [7, 11) is 0. The second-order valence-electron chi connectivity index (χ2n) is 3.43. The Balaban J connectivity index is 2.51. The number of aromatic nitrogens is 3. The summed E-state index contributed by atoms with van der Waals surface area (Å²) in [5, 5.41) is 7.31. The van der Waals surface area contributed by atoms with Crippen LogP contribution in [0.15, 0.2) is 29.0 Å². The molecule has 0 spiro atoms. The monoisotopic (exact) mass is 328 g/mol. The SMILES string of the molecule is CCNC(=O)c1cc(Br)nn1-c1ncccc1Cl. The third-order valence-corrected chi connectivity index (χ3v) is 2.87. The molecule has 7 heteroatoms. The Bertz CT molecular complexity index is 584. The molecule has 2 rings (SSSR count). The van der Waals surface area contributed by atoms with E-state index in [-0.39, 0.29) is 5.91 Å². The van der Waals surface area contributed by atoms with Gasteiger partial charge in [-0.05, 0) is 35.0 Å². The van der Waals surface area contributed by atoms with Gasteiger partial charge in [-0.2, -0.15) is 5.10 Å². The molecule has 5 nitrogen and oxygen atoms in total. The summed E-state index contributed by atoms with van der Waals surface area (Å²) in [4.78, 5) is 16.0. The molecule has 94 valence electrons. The predicted molar refractivity (Wildman–Crippen MR) is 72.1 cm³/mol. The highest BCUT2D eigenvalue weighted by Crippen LogP contribution is 2.20. The zero-order chi connectivity index (χ0) is 13.1. The lowest BCUT2D eigenvalue weighted by Crippen LogP contribution is -2.25. The first-order chi connectivity index (χ1) is 8.63. The predicted octanol–water partition coefficient (Wildman–Crippen LogP) is 2.43. The third kappa shape index (κ3) is 2.54. The summed E-state index contributed by atoms with van der Waals surface area (Å²) in [5.74, 6) is 0.198. The quantitative estimate of drug-likeness (QED) is 0.941. The van der Waals surface area contributed by atoms with Crippen LogP contribution in [0.5, 0.6) is 0 Å². The molecule has 0 aliphatic carbocycles. The highest BCUT2D eigenvalue weighted by atomic mass is 79.9. The standard InChI is InChI=1S/C11H10BrClN4O/c1-2-14-11(18)8-6-9(12)16-17(8)10-7(13)4-3-5-15-10/h3-6H,2H2,1H3,(H,14,18). The van der Waals surface area contributed by atoms with Crippen LogP contribution >= 0.6 is 27.5 Å².